The number of halogens is 2. The number of nitrogens with zero attached hydrogens (tertiary/aromatic N) is 2. The van der Waals surface area contributed by atoms with Crippen LogP contribution in [0, 0.1) is 5.82 Å². The number of carbonyl (C=O) groups is 1. The highest BCUT2D eigenvalue weighted by molar-refractivity contribution is 6.31. The first-order chi connectivity index (χ1) is 10.1. The van der Waals surface area contributed by atoms with Crippen LogP contribution in [0.5, 0.6) is 0 Å². The van der Waals surface area contributed by atoms with Crippen LogP contribution in [-0.2, 0) is 6.54 Å². The number of hydrogen-bond donors (Lipinski definition) is 1. The minimum atomic E-state index is -0.386. The van der Waals surface area contributed by atoms with E-state index in [0.29, 0.717) is 17.2 Å². The van der Waals surface area contributed by atoms with Crippen LogP contribution >= 0.6 is 11.6 Å². The number of rotatable bonds is 3. The molecular formula is C15H11ClFN3O. The minimum absolute atomic E-state index is 0.229. The van der Waals surface area contributed by atoms with E-state index in [1.165, 1.54) is 28.9 Å². The molecule has 0 aliphatic rings. The zero-order chi connectivity index (χ0) is 14.8. The average Bonchev–Trinajstić information content (AvgIpc) is 2.89. The second-order valence-electron chi connectivity index (χ2n) is 4.51. The maximum absolute atomic E-state index is 13.1. The number of aromatic nitrogens is 2. The van der Waals surface area contributed by atoms with Gasteiger partial charge in [0.1, 0.15) is 17.2 Å². The van der Waals surface area contributed by atoms with Crippen molar-refractivity contribution in [2.75, 3.05) is 0 Å². The number of fused-ring (bicyclic) bond motifs is 1. The second kappa shape index (κ2) is 5.54. The van der Waals surface area contributed by atoms with Crippen molar-refractivity contribution in [3.05, 3.63) is 70.9 Å². The van der Waals surface area contributed by atoms with E-state index >= 15 is 0 Å². The highest BCUT2D eigenvalue weighted by Gasteiger charge is 2.11. The van der Waals surface area contributed by atoms with E-state index in [1.807, 2.05) is 18.2 Å². The lowest BCUT2D eigenvalue weighted by molar-refractivity contribution is 0.0946. The Labute approximate surface area is 125 Å². The average molecular weight is 304 g/mol. The van der Waals surface area contributed by atoms with Gasteiger partial charge in [0.05, 0.1) is 0 Å². The summed E-state index contributed by atoms with van der Waals surface area (Å²) >= 11 is 6.02. The summed E-state index contributed by atoms with van der Waals surface area (Å²) in [5.74, 6) is -0.720. The van der Waals surface area contributed by atoms with Gasteiger partial charge in [0.2, 0.25) is 0 Å². The maximum Gasteiger partial charge on any atom is 0.271 e. The predicted octanol–water partition coefficient (Wildman–Crippen LogP) is 3.06. The Kier molecular flexibility index (Phi) is 3.58. The number of pyridine rings is 1. The molecule has 0 saturated heterocycles. The lowest BCUT2D eigenvalue weighted by Gasteiger charge is -2.04. The third-order valence-electron chi connectivity index (χ3n) is 3.04. The highest BCUT2D eigenvalue weighted by atomic mass is 35.5. The molecule has 0 saturated carbocycles. The third kappa shape index (κ3) is 2.87. The fraction of sp³-hybridized carbons (Fsp3) is 0.0667. The smallest absolute Gasteiger partial charge is 0.271 e. The van der Waals surface area contributed by atoms with E-state index in [9.17, 15) is 9.18 Å². The molecule has 1 N–H and O–H groups in total. The Bertz CT molecular complexity index is 816. The highest BCUT2D eigenvalue weighted by Crippen LogP contribution is 2.14. The van der Waals surface area contributed by atoms with Crippen molar-refractivity contribution in [1.29, 1.82) is 0 Å². The van der Waals surface area contributed by atoms with Gasteiger partial charge in [0, 0.05) is 24.0 Å². The predicted molar refractivity (Wildman–Crippen MR) is 77.8 cm³/mol. The summed E-state index contributed by atoms with van der Waals surface area (Å²) in [7, 11) is 0. The van der Waals surface area contributed by atoms with Gasteiger partial charge >= 0.3 is 0 Å². The van der Waals surface area contributed by atoms with Crippen LogP contribution in [0.4, 0.5) is 4.39 Å². The molecule has 1 aromatic carbocycles. The molecule has 21 heavy (non-hydrogen) atoms. The number of amides is 1. The summed E-state index contributed by atoms with van der Waals surface area (Å²) in [4.78, 5) is 16.2. The first kappa shape index (κ1) is 13.6. The van der Waals surface area contributed by atoms with Gasteiger partial charge in [0.15, 0.2) is 0 Å². The Morgan fingerprint density at radius 2 is 2.05 bits per heavy atom. The molecule has 0 aliphatic heterocycles. The molecule has 2 heterocycles. The van der Waals surface area contributed by atoms with Crippen LogP contribution < -0.4 is 5.32 Å². The van der Waals surface area contributed by atoms with Gasteiger partial charge < -0.3 is 9.72 Å². The molecular weight excluding hydrogens is 293 g/mol. The Morgan fingerprint density at radius 3 is 2.86 bits per heavy atom. The van der Waals surface area contributed by atoms with E-state index < -0.39 is 0 Å². The second-order valence-corrected chi connectivity index (χ2v) is 4.92. The molecule has 0 radical (unpaired) electrons. The standard InChI is InChI=1S/C15H11ClFN3O/c16-12-4-2-1-3-10(12)7-18-15(21)13-9-20-8-11(17)5-6-14(20)19-13/h1-6,8-9H,7H2,(H,18,21). The summed E-state index contributed by atoms with van der Waals surface area (Å²) in [6.07, 6.45) is 2.76. The Morgan fingerprint density at radius 1 is 1.24 bits per heavy atom. The molecule has 0 aliphatic carbocycles. The zero-order valence-corrected chi connectivity index (χ0v) is 11.6. The zero-order valence-electron chi connectivity index (χ0n) is 10.9. The maximum atomic E-state index is 13.1. The molecule has 1 amide bonds. The van der Waals surface area contributed by atoms with Crippen molar-refractivity contribution in [2.24, 2.45) is 0 Å². The monoisotopic (exact) mass is 303 g/mol. The normalized spacial score (nSPS) is 10.8. The minimum Gasteiger partial charge on any atom is -0.347 e. The molecule has 6 heteroatoms. The van der Waals surface area contributed by atoms with Crippen LogP contribution in [0.15, 0.2) is 48.8 Å². The molecule has 0 spiro atoms. The van der Waals surface area contributed by atoms with Crippen LogP contribution in [0.2, 0.25) is 5.02 Å². The molecule has 2 aromatic heterocycles. The third-order valence-corrected chi connectivity index (χ3v) is 3.41. The van der Waals surface area contributed by atoms with E-state index in [2.05, 4.69) is 10.3 Å². The van der Waals surface area contributed by atoms with Gasteiger partial charge in [-0.3, -0.25) is 4.79 Å². The number of benzene rings is 1. The van der Waals surface area contributed by atoms with Gasteiger partial charge in [-0.05, 0) is 23.8 Å². The topological polar surface area (TPSA) is 46.4 Å². The largest absolute Gasteiger partial charge is 0.347 e. The quantitative estimate of drug-likeness (QED) is 0.808. The van der Waals surface area contributed by atoms with Crippen molar-refractivity contribution in [2.45, 2.75) is 6.54 Å². The Hall–Kier alpha value is -2.40. The molecule has 0 unspecified atom stereocenters. The van der Waals surface area contributed by atoms with E-state index in [-0.39, 0.29) is 17.4 Å². The molecule has 106 valence electrons. The van der Waals surface area contributed by atoms with E-state index in [0.717, 1.165) is 5.56 Å². The molecule has 3 aromatic rings. The van der Waals surface area contributed by atoms with Crippen molar-refractivity contribution in [3.63, 3.8) is 0 Å². The first-order valence-electron chi connectivity index (χ1n) is 6.29. The van der Waals surface area contributed by atoms with E-state index in [1.54, 1.807) is 6.07 Å². The molecule has 0 bridgehead atoms. The lowest BCUT2D eigenvalue weighted by Crippen LogP contribution is -2.23. The van der Waals surface area contributed by atoms with Crippen molar-refractivity contribution in [3.8, 4) is 0 Å². The van der Waals surface area contributed by atoms with Gasteiger partial charge in [-0.2, -0.15) is 0 Å². The van der Waals surface area contributed by atoms with Gasteiger partial charge in [0.25, 0.3) is 5.91 Å². The van der Waals surface area contributed by atoms with Crippen molar-refractivity contribution < 1.29 is 9.18 Å². The molecule has 4 nitrogen and oxygen atoms in total. The summed E-state index contributed by atoms with van der Waals surface area (Å²) in [6.45, 7) is 0.306. The van der Waals surface area contributed by atoms with Gasteiger partial charge in [-0.1, -0.05) is 29.8 Å². The first-order valence-corrected chi connectivity index (χ1v) is 6.67. The summed E-state index contributed by atoms with van der Waals surface area (Å²) in [5, 5.41) is 3.33. The van der Waals surface area contributed by atoms with Crippen molar-refractivity contribution in [1.82, 2.24) is 14.7 Å². The van der Waals surface area contributed by atoms with Crippen LogP contribution in [-0.4, -0.2) is 15.3 Å². The van der Waals surface area contributed by atoms with Gasteiger partial charge in [-0.15, -0.1) is 0 Å². The number of imidazole rings is 1. The van der Waals surface area contributed by atoms with E-state index in [4.69, 9.17) is 11.6 Å². The molecule has 0 atom stereocenters. The summed E-state index contributed by atoms with van der Waals surface area (Å²) in [5.41, 5.74) is 1.56. The Balaban J connectivity index is 1.76. The molecule has 0 fully saturated rings. The van der Waals surface area contributed by atoms with Crippen molar-refractivity contribution >= 4 is 23.2 Å². The lowest BCUT2D eigenvalue weighted by atomic mass is 10.2. The van der Waals surface area contributed by atoms with Crippen LogP contribution in [0.1, 0.15) is 16.1 Å². The number of nitrogens with one attached hydrogen (secondary N) is 1. The summed E-state index contributed by atoms with van der Waals surface area (Å²) in [6, 6.07) is 10.1. The number of hydrogen-bond acceptors (Lipinski definition) is 2. The van der Waals surface area contributed by atoms with Crippen LogP contribution in [0.3, 0.4) is 0 Å². The molecule has 3 rings (SSSR count). The fourth-order valence-corrected chi connectivity index (χ4v) is 2.18. The SMILES string of the molecule is O=C(NCc1ccccc1Cl)c1cn2cc(F)ccc2n1. The summed E-state index contributed by atoms with van der Waals surface area (Å²) < 4.78 is 14.6. The fourth-order valence-electron chi connectivity index (χ4n) is 1.98. The number of carbonyl (C=O) groups excluding carboxylic acids is 1. The van der Waals surface area contributed by atoms with Crippen LogP contribution in [0.25, 0.3) is 5.65 Å². The van der Waals surface area contributed by atoms with Gasteiger partial charge in [-0.25, -0.2) is 9.37 Å².